The lowest BCUT2D eigenvalue weighted by molar-refractivity contribution is 0.0451. The Morgan fingerprint density at radius 1 is 1.14 bits per heavy atom. The first-order chi connectivity index (χ1) is 10.7. The van der Waals surface area contributed by atoms with Gasteiger partial charge < -0.3 is 4.74 Å². The second-order valence-corrected chi connectivity index (χ2v) is 5.69. The van der Waals surface area contributed by atoms with Gasteiger partial charge in [0.2, 0.25) is 0 Å². The van der Waals surface area contributed by atoms with Gasteiger partial charge in [0.05, 0.1) is 5.56 Å². The summed E-state index contributed by atoms with van der Waals surface area (Å²) in [6, 6.07) is 16.8. The number of hydrogen-bond acceptors (Lipinski definition) is 4. The number of hydroxylamine groups is 1. The Labute approximate surface area is 136 Å². The molecular formula is C17H14BrNO3. The van der Waals surface area contributed by atoms with Crippen molar-refractivity contribution in [3.8, 4) is 0 Å². The van der Waals surface area contributed by atoms with Crippen LogP contribution in [0.15, 0.2) is 65.3 Å². The van der Waals surface area contributed by atoms with Gasteiger partial charge in [0.1, 0.15) is 17.3 Å². The van der Waals surface area contributed by atoms with Gasteiger partial charge in [-0.3, -0.25) is 10.3 Å². The van der Waals surface area contributed by atoms with E-state index in [0.717, 1.165) is 15.7 Å². The molecule has 0 unspecified atom stereocenters. The SMILES string of the molecule is O=C(OCc1ccccc1)c1ccc([C@H]2C=C(Br)NO2)cc1. The molecule has 3 rings (SSSR count). The second-order valence-electron chi connectivity index (χ2n) is 4.84. The lowest BCUT2D eigenvalue weighted by Gasteiger charge is -2.09. The molecule has 0 fully saturated rings. The molecule has 1 heterocycles. The van der Waals surface area contributed by atoms with E-state index in [1.165, 1.54) is 0 Å². The average Bonchev–Trinajstić information content (AvgIpc) is 3.00. The fourth-order valence-electron chi connectivity index (χ4n) is 2.10. The molecule has 0 aromatic heterocycles. The Hall–Kier alpha value is -2.11. The molecular weight excluding hydrogens is 346 g/mol. The molecule has 0 aliphatic carbocycles. The highest BCUT2D eigenvalue weighted by atomic mass is 79.9. The van der Waals surface area contributed by atoms with Gasteiger partial charge in [0, 0.05) is 0 Å². The van der Waals surface area contributed by atoms with E-state index in [0.29, 0.717) is 5.56 Å². The third kappa shape index (κ3) is 3.55. The molecule has 0 bridgehead atoms. The number of ether oxygens (including phenoxy) is 1. The molecule has 1 atom stereocenters. The third-order valence-corrected chi connectivity index (χ3v) is 3.69. The maximum Gasteiger partial charge on any atom is 0.338 e. The first-order valence-electron chi connectivity index (χ1n) is 6.82. The van der Waals surface area contributed by atoms with Crippen molar-refractivity contribution in [1.29, 1.82) is 0 Å². The number of carbonyl (C=O) groups excluding carboxylic acids is 1. The zero-order chi connectivity index (χ0) is 15.4. The van der Waals surface area contributed by atoms with Crippen LogP contribution in [0.4, 0.5) is 0 Å². The van der Waals surface area contributed by atoms with Gasteiger partial charge in [-0.15, -0.1) is 0 Å². The van der Waals surface area contributed by atoms with E-state index in [9.17, 15) is 4.79 Å². The van der Waals surface area contributed by atoms with E-state index in [-0.39, 0.29) is 18.7 Å². The summed E-state index contributed by atoms with van der Waals surface area (Å²) in [5.74, 6) is -0.336. The molecule has 0 spiro atoms. The molecule has 0 radical (unpaired) electrons. The molecule has 22 heavy (non-hydrogen) atoms. The van der Waals surface area contributed by atoms with Crippen molar-refractivity contribution in [2.24, 2.45) is 0 Å². The molecule has 0 saturated heterocycles. The maximum absolute atomic E-state index is 12.0. The highest BCUT2D eigenvalue weighted by Gasteiger charge is 2.17. The van der Waals surface area contributed by atoms with Crippen molar-refractivity contribution in [1.82, 2.24) is 5.48 Å². The summed E-state index contributed by atoms with van der Waals surface area (Å²) < 4.78 is 6.09. The summed E-state index contributed by atoms with van der Waals surface area (Å²) in [6.07, 6.45) is 1.74. The van der Waals surface area contributed by atoms with Crippen LogP contribution in [0, 0.1) is 0 Å². The fourth-order valence-corrected chi connectivity index (χ4v) is 2.43. The minimum absolute atomic E-state index is 0.163. The summed E-state index contributed by atoms with van der Waals surface area (Å²) in [4.78, 5) is 17.4. The largest absolute Gasteiger partial charge is 0.457 e. The van der Waals surface area contributed by atoms with Crippen LogP contribution < -0.4 is 5.48 Å². The first kappa shape index (κ1) is 14.8. The lowest BCUT2D eigenvalue weighted by atomic mass is 10.1. The van der Waals surface area contributed by atoms with Crippen molar-refractivity contribution < 1.29 is 14.4 Å². The zero-order valence-electron chi connectivity index (χ0n) is 11.7. The van der Waals surface area contributed by atoms with Gasteiger partial charge in [0.25, 0.3) is 0 Å². The Morgan fingerprint density at radius 3 is 2.50 bits per heavy atom. The number of rotatable bonds is 4. The van der Waals surface area contributed by atoms with E-state index >= 15 is 0 Å². The summed E-state index contributed by atoms with van der Waals surface area (Å²) >= 11 is 3.31. The Morgan fingerprint density at radius 2 is 1.86 bits per heavy atom. The van der Waals surface area contributed by atoms with E-state index in [4.69, 9.17) is 9.57 Å². The molecule has 1 aliphatic rings. The molecule has 1 aliphatic heterocycles. The molecule has 5 heteroatoms. The van der Waals surface area contributed by atoms with Crippen LogP contribution in [0.1, 0.15) is 27.6 Å². The highest BCUT2D eigenvalue weighted by molar-refractivity contribution is 9.11. The van der Waals surface area contributed by atoms with Crippen LogP contribution in [0.2, 0.25) is 0 Å². The average molecular weight is 360 g/mol. The first-order valence-corrected chi connectivity index (χ1v) is 7.62. The van der Waals surface area contributed by atoms with Gasteiger partial charge >= 0.3 is 5.97 Å². The van der Waals surface area contributed by atoms with Crippen LogP contribution >= 0.6 is 15.9 Å². The van der Waals surface area contributed by atoms with Crippen LogP contribution in [-0.4, -0.2) is 5.97 Å². The second kappa shape index (κ2) is 6.77. The summed E-state index contributed by atoms with van der Waals surface area (Å²) in [6.45, 7) is 0.271. The van der Waals surface area contributed by atoms with Crippen molar-refractivity contribution in [2.45, 2.75) is 12.7 Å². The van der Waals surface area contributed by atoms with E-state index in [2.05, 4.69) is 21.4 Å². The molecule has 0 amide bonds. The van der Waals surface area contributed by atoms with Crippen molar-refractivity contribution in [3.05, 3.63) is 82.0 Å². The molecule has 2 aromatic rings. The summed E-state index contributed by atoms with van der Waals surface area (Å²) in [7, 11) is 0. The standard InChI is InChI=1S/C17H14BrNO3/c18-16-10-15(22-19-16)13-6-8-14(9-7-13)17(20)21-11-12-4-2-1-3-5-12/h1-10,15,19H,11H2/t15-/m1/s1. The highest BCUT2D eigenvalue weighted by Crippen LogP contribution is 2.26. The van der Waals surface area contributed by atoms with E-state index < -0.39 is 0 Å². The zero-order valence-corrected chi connectivity index (χ0v) is 13.2. The number of nitrogens with one attached hydrogen (secondary N) is 1. The molecule has 4 nitrogen and oxygen atoms in total. The molecule has 112 valence electrons. The van der Waals surface area contributed by atoms with Crippen LogP contribution in [0.3, 0.4) is 0 Å². The van der Waals surface area contributed by atoms with E-state index in [1.54, 1.807) is 12.1 Å². The number of carbonyl (C=O) groups is 1. The van der Waals surface area contributed by atoms with Gasteiger partial charge in [-0.05, 0) is 45.3 Å². The number of halogens is 1. The molecule has 1 N–H and O–H groups in total. The topological polar surface area (TPSA) is 47.6 Å². The number of esters is 1. The monoisotopic (exact) mass is 359 g/mol. The quantitative estimate of drug-likeness (QED) is 0.665. The fraction of sp³-hybridized carbons (Fsp3) is 0.118. The minimum atomic E-state index is -0.336. The third-order valence-electron chi connectivity index (χ3n) is 3.27. The molecule has 0 saturated carbocycles. The predicted molar refractivity (Wildman–Crippen MR) is 86.0 cm³/mol. The number of benzene rings is 2. The normalized spacial score (nSPS) is 16.8. The number of hydrogen-bond donors (Lipinski definition) is 1. The van der Waals surface area contributed by atoms with Crippen LogP contribution in [0.25, 0.3) is 0 Å². The Kier molecular flexibility index (Phi) is 4.56. The van der Waals surface area contributed by atoms with Crippen molar-refractivity contribution >= 4 is 21.9 Å². The Bertz CT molecular complexity index is 683. The van der Waals surface area contributed by atoms with Crippen molar-refractivity contribution in [2.75, 3.05) is 0 Å². The minimum Gasteiger partial charge on any atom is -0.457 e. The molecule has 2 aromatic carbocycles. The summed E-state index contributed by atoms with van der Waals surface area (Å²) in [5, 5.41) is 0. The summed E-state index contributed by atoms with van der Waals surface area (Å²) in [5.41, 5.74) is 5.18. The predicted octanol–water partition coefficient (Wildman–Crippen LogP) is 3.86. The van der Waals surface area contributed by atoms with Gasteiger partial charge in [-0.25, -0.2) is 4.79 Å². The lowest BCUT2D eigenvalue weighted by Crippen LogP contribution is -2.07. The van der Waals surface area contributed by atoms with Gasteiger partial charge in [-0.1, -0.05) is 42.5 Å². The van der Waals surface area contributed by atoms with Crippen molar-refractivity contribution in [3.63, 3.8) is 0 Å². The smallest absolute Gasteiger partial charge is 0.338 e. The van der Waals surface area contributed by atoms with Gasteiger partial charge in [-0.2, -0.15) is 0 Å². The van der Waals surface area contributed by atoms with E-state index in [1.807, 2.05) is 48.5 Å². The van der Waals surface area contributed by atoms with Crippen LogP contribution in [-0.2, 0) is 16.2 Å². The van der Waals surface area contributed by atoms with Gasteiger partial charge in [0.15, 0.2) is 0 Å². The Balaban J connectivity index is 1.61. The van der Waals surface area contributed by atoms with Crippen LogP contribution in [0.5, 0.6) is 0 Å². The maximum atomic E-state index is 12.0.